The van der Waals surface area contributed by atoms with Crippen LogP contribution in [-0.4, -0.2) is 41.0 Å². The molecule has 0 aromatic heterocycles. The van der Waals surface area contributed by atoms with Gasteiger partial charge in [0.25, 0.3) is 0 Å². The maximum atomic E-state index is 12.7. The summed E-state index contributed by atoms with van der Waals surface area (Å²) < 4.78 is 0. The first-order valence-corrected chi connectivity index (χ1v) is 9.73. The number of hydrogen-bond donors (Lipinski definition) is 4. The van der Waals surface area contributed by atoms with E-state index in [1.54, 1.807) is 12.1 Å². The van der Waals surface area contributed by atoms with Crippen LogP contribution in [0.4, 0.5) is 0 Å². The molecule has 3 unspecified atom stereocenters. The lowest BCUT2D eigenvalue weighted by Gasteiger charge is -2.24. The summed E-state index contributed by atoms with van der Waals surface area (Å²) in [5.41, 5.74) is 6.72. The molecule has 0 saturated heterocycles. The molecule has 3 atom stereocenters. The number of aliphatic carboxylic acids is 1. The van der Waals surface area contributed by atoms with E-state index in [4.69, 9.17) is 5.73 Å². The van der Waals surface area contributed by atoms with Gasteiger partial charge in [0, 0.05) is 6.42 Å². The Bertz CT molecular complexity index is 646. The Morgan fingerprint density at radius 1 is 0.893 bits per heavy atom. The van der Waals surface area contributed by atoms with Crippen LogP contribution >= 0.6 is 0 Å². The van der Waals surface area contributed by atoms with Gasteiger partial charge in [-0.05, 0) is 30.2 Å². The van der Waals surface area contributed by atoms with Crippen LogP contribution in [-0.2, 0) is 20.8 Å². The highest BCUT2D eigenvalue weighted by Gasteiger charge is 2.28. The Kier molecular flexibility index (Phi) is 9.65. The zero-order valence-electron chi connectivity index (χ0n) is 17.1. The second-order valence-electron chi connectivity index (χ2n) is 8.02. The van der Waals surface area contributed by atoms with Crippen molar-refractivity contribution in [2.45, 2.75) is 65.1 Å². The summed E-state index contributed by atoms with van der Waals surface area (Å²) in [6.07, 6.45) is 1.06. The zero-order valence-corrected chi connectivity index (χ0v) is 17.1. The number of rotatable bonds is 11. The van der Waals surface area contributed by atoms with Crippen LogP contribution in [0.2, 0.25) is 0 Å². The van der Waals surface area contributed by atoms with Gasteiger partial charge in [-0.15, -0.1) is 0 Å². The van der Waals surface area contributed by atoms with E-state index in [-0.39, 0.29) is 18.3 Å². The van der Waals surface area contributed by atoms with Crippen LogP contribution in [0.1, 0.15) is 46.1 Å². The van der Waals surface area contributed by atoms with Crippen LogP contribution in [0.5, 0.6) is 0 Å². The second kappa shape index (κ2) is 11.4. The SMILES string of the molecule is CC(C)CC(N)C(=O)NC(CC(C)C)C(=O)NC(Cc1ccccc1)C(=O)O. The average molecular weight is 392 g/mol. The monoisotopic (exact) mass is 391 g/mol. The maximum Gasteiger partial charge on any atom is 0.326 e. The van der Waals surface area contributed by atoms with Gasteiger partial charge in [-0.1, -0.05) is 58.0 Å². The number of carboxylic acid groups (broad SMARTS) is 1. The highest BCUT2D eigenvalue weighted by atomic mass is 16.4. The predicted octanol–water partition coefficient (Wildman–Crippen LogP) is 1.70. The molecule has 0 bridgehead atoms. The molecule has 1 aromatic carbocycles. The Morgan fingerprint density at radius 2 is 1.43 bits per heavy atom. The fraction of sp³-hybridized carbons (Fsp3) is 0.571. The molecule has 0 heterocycles. The third-order valence-corrected chi connectivity index (χ3v) is 4.30. The molecule has 0 aliphatic heterocycles. The fourth-order valence-electron chi connectivity index (χ4n) is 2.92. The van der Waals surface area contributed by atoms with Gasteiger partial charge in [0.1, 0.15) is 12.1 Å². The minimum atomic E-state index is -1.12. The normalized spacial score (nSPS) is 14.4. The molecule has 7 heteroatoms. The molecule has 0 spiro atoms. The van der Waals surface area contributed by atoms with Crippen molar-refractivity contribution in [1.82, 2.24) is 10.6 Å². The summed E-state index contributed by atoms with van der Waals surface area (Å²) in [4.78, 5) is 36.7. The lowest BCUT2D eigenvalue weighted by Crippen LogP contribution is -2.55. The molecule has 156 valence electrons. The lowest BCUT2D eigenvalue weighted by molar-refractivity contribution is -0.142. The molecule has 1 aromatic rings. The van der Waals surface area contributed by atoms with Crippen LogP contribution in [0.3, 0.4) is 0 Å². The molecule has 5 N–H and O–H groups in total. The first kappa shape index (κ1) is 23.6. The molecule has 2 amide bonds. The first-order chi connectivity index (χ1) is 13.1. The standard InChI is InChI=1S/C21H33N3O4/c1-13(2)10-16(22)19(25)23-17(11-14(3)4)20(26)24-18(21(27)28)12-15-8-6-5-7-9-15/h5-9,13-14,16-18H,10-12,22H2,1-4H3,(H,23,25)(H,24,26)(H,27,28). The van der Waals surface area contributed by atoms with E-state index in [1.165, 1.54) is 0 Å². The van der Waals surface area contributed by atoms with E-state index in [2.05, 4.69) is 10.6 Å². The second-order valence-corrected chi connectivity index (χ2v) is 8.02. The highest BCUT2D eigenvalue weighted by molar-refractivity contribution is 5.91. The van der Waals surface area contributed by atoms with E-state index < -0.39 is 35.9 Å². The van der Waals surface area contributed by atoms with Gasteiger partial charge >= 0.3 is 5.97 Å². The highest BCUT2D eigenvalue weighted by Crippen LogP contribution is 2.09. The average Bonchev–Trinajstić information content (AvgIpc) is 2.60. The van der Waals surface area contributed by atoms with Crippen molar-refractivity contribution < 1.29 is 19.5 Å². The fourth-order valence-corrected chi connectivity index (χ4v) is 2.92. The topological polar surface area (TPSA) is 122 Å². The van der Waals surface area contributed by atoms with Gasteiger partial charge in [-0.25, -0.2) is 4.79 Å². The number of amides is 2. The lowest BCUT2D eigenvalue weighted by atomic mass is 10.00. The van der Waals surface area contributed by atoms with Crippen molar-refractivity contribution in [3.8, 4) is 0 Å². The largest absolute Gasteiger partial charge is 0.480 e. The summed E-state index contributed by atoms with van der Waals surface area (Å²) in [7, 11) is 0. The molecule has 28 heavy (non-hydrogen) atoms. The number of nitrogens with two attached hydrogens (primary N) is 1. The predicted molar refractivity (Wildman–Crippen MR) is 109 cm³/mol. The van der Waals surface area contributed by atoms with Crippen LogP contribution in [0.25, 0.3) is 0 Å². The van der Waals surface area contributed by atoms with Crippen molar-refractivity contribution >= 4 is 17.8 Å². The van der Waals surface area contributed by atoms with Crippen LogP contribution in [0.15, 0.2) is 30.3 Å². The van der Waals surface area contributed by atoms with E-state index in [9.17, 15) is 19.5 Å². The number of carbonyl (C=O) groups is 3. The third kappa shape index (κ3) is 8.52. The summed E-state index contributed by atoms with van der Waals surface area (Å²) in [5, 5.41) is 14.7. The molecule has 0 saturated carbocycles. The van der Waals surface area contributed by atoms with Gasteiger partial charge < -0.3 is 21.5 Å². The molecular weight excluding hydrogens is 358 g/mol. The number of carbonyl (C=O) groups excluding carboxylic acids is 2. The van der Waals surface area contributed by atoms with E-state index in [1.807, 2.05) is 45.9 Å². The van der Waals surface area contributed by atoms with Crippen molar-refractivity contribution in [1.29, 1.82) is 0 Å². The number of hydrogen-bond acceptors (Lipinski definition) is 4. The Labute approximate surface area is 167 Å². The van der Waals surface area contributed by atoms with Crippen molar-refractivity contribution in [3.05, 3.63) is 35.9 Å². The van der Waals surface area contributed by atoms with Crippen LogP contribution in [0, 0.1) is 11.8 Å². The summed E-state index contributed by atoms with van der Waals surface area (Å²) >= 11 is 0. The molecular formula is C21H33N3O4. The molecule has 0 aliphatic rings. The molecule has 0 radical (unpaired) electrons. The Hall–Kier alpha value is -2.41. The smallest absolute Gasteiger partial charge is 0.326 e. The van der Waals surface area contributed by atoms with E-state index in [0.29, 0.717) is 12.8 Å². The minimum absolute atomic E-state index is 0.134. The van der Waals surface area contributed by atoms with Gasteiger partial charge in [0.05, 0.1) is 6.04 Å². The minimum Gasteiger partial charge on any atom is -0.480 e. The molecule has 7 nitrogen and oxygen atoms in total. The van der Waals surface area contributed by atoms with Gasteiger partial charge in [-0.3, -0.25) is 9.59 Å². The number of carboxylic acids is 1. The van der Waals surface area contributed by atoms with Gasteiger partial charge in [0.2, 0.25) is 11.8 Å². The quantitative estimate of drug-likeness (QED) is 0.457. The Morgan fingerprint density at radius 3 is 1.93 bits per heavy atom. The number of benzene rings is 1. The van der Waals surface area contributed by atoms with Gasteiger partial charge in [0.15, 0.2) is 0 Å². The van der Waals surface area contributed by atoms with Crippen LogP contribution < -0.4 is 16.4 Å². The van der Waals surface area contributed by atoms with E-state index in [0.717, 1.165) is 5.56 Å². The molecule has 1 rings (SSSR count). The van der Waals surface area contributed by atoms with Crippen molar-refractivity contribution in [3.63, 3.8) is 0 Å². The van der Waals surface area contributed by atoms with Crippen molar-refractivity contribution in [2.75, 3.05) is 0 Å². The molecule has 0 aliphatic carbocycles. The summed E-state index contributed by atoms with van der Waals surface area (Å²) in [5.74, 6) is -1.65. The van der Waals surface area contributed by atoms with Crippen molar-refractivity contribution in [2.24, 2.45) is 17.6 Å². The first-order valence-electron chi connectivity index (χ1n) is 9.73. The summed E-state index contributed by atoms with van der Waals surface area (Å²) in [6.45, 7) is 7.79. The zero-order chi connectivity index (χ0) is 21.3. The molecule has 0 fully saturated rings. The third-order valence-electron chi connectivity index (χ3n) is 4.30. The Balaban J connectivity index is 2.83. The summed E-state index contributed by atoms with van der Waals surface area (Å²) in [6, 6.07) is 6.46. The van der Waals surface area contributed by atoms with E-state index >= 15 is 0 Å². The number of nitrogens with one attached hydrogen (secondary N) is 2. The maximum absolute atomic E-state index is 12.7. The van der Waals surface area contributed by atoms with Gasteiger partial charge in [-0.2, -0.15) is 0 Å².